The van der Waals surface area contributed by atoms with Crippen LogP contribution in [0.4, 0.5) is 0 Å². The summed E-state index contributed by atoms with van der Waals surface area (Å²) < 4.78 is 1.83. The van der Waals surface area contributed by atoms with Gasteiger partial charge in [0.1, 0.15) is 0 Å². The molecular formula is C20H25BrClN3O2. The smallest absolute Gasteiger partial charge is 0.283 e. The maximum absolute atomic E-state index is 13.1. The number of amides is 1. The monoisotopic (exact) mass is 453 g/mol. The van der Waals surface area contributed by atoms with Gasteiger partial charge >= 0.3 is 0 Å². The fraction of sp³-hybridized carbons (Fsp3) is 0.400. The van der Waals surface area contributed by atoms with Crippen LogP contribution in [-0.4, -0.2) is 17.1 Å². The highest BCUT2D eigenvalue weighted by Gasteiger charge is 2.23. The van der Waals surface area contributed by atoms with Crippen molar-refractivity contribution in [2.24, 2.45) is 0 Å². The van der Waals surface area contributed by atoms with Crippen molar-refractivity contribution < 1.29 is 4.79 Å². The summed E-state index contributed by atoms with van der Waals surface area (Å²) in [7, 11) is 0. The molecule has 0 saturated carbocycles. The van der Waals surface area contributed by atoms with E-state index in [-0.39, 0.29) is 17.5 Å². The molecule has 7 heteroatoms. The summed E-state index contributed by atoms with van der Waals surface area (Å²) in [6.07, 6.45) is 1.59. The molecule has 1 atom stereocenters. The number of benzene rings is 1. The number of carbonyl (C=O) groups excluding carboxylic acids is 1. The molecule has 0 aliphatic rings. The predicted octanol–water partition coefficient (Wildman–Crippen LogP) is 4.72. The summed E-state index contributed by atoms with van der Waals surface area (Å²) in [5, 5.41) is 3.71. The van der Waals surface area contributed by atoms with Crippen LogP contribution in [0.25, 0.3) is 0 Å². The van der Waals surface area contributed by atoms with E-state index in [9.17, 15) is 9.59 Å². The Morgan fingerprint density at radius 1 is 1.30 bits per heavy atom. The van der Waals surface area contributed by atoms with Crippen molar-refractivity contribution in [2.75, 3.05) is 12.0 Å². The lowest BCUT2D eigenvalue weighted by molar-refractivity contribution is 0.0933. The zero-order valence-electron chi connectivity index (χ0n) is 16.0. The number of hydrogen-bond acceptors (Lipinski definition) is 3. The van der Waals surface area contributed by atoms with Crippen LogP contribution in [0.1, 0.15) is 59.9 Å². The van der Waals surface area contributed by atoms with Gasteiger partial charge in [-0.05, 0) is 65.9 Å². The van der Waals surface area contributed by atoms with E-state index in [1.54, 1.807) is 19.9 Å². The van der Waals surface area contributed by atoms with Crippen LogP contribution in [0.2, 0.25) is 5.02 Å². The Hall–Kier alpha value is -1.79. The first-order chi connectivity index (χ1) is 12.8. The van der Waals surface area contributed by atoms with Crippen molar-refractivity contribution in [3.63, 3.8) is 0 Å². The van der Waals surface area contributed by atoms with Gasteiger partial charge in [0.25, 0.3) is 11.5 Å². The molecule has 2 N–H and O–H groups in total. The van der Waals surface area contributed by atoms with Crippen LogP contribution >= 0.6 is 27.5 Å². The average Bonchev–Trinajstić information content (AvgIpc) is 2.64. The normalized spacial score (nSPS) is 11.9. The lowest BCUT2D eigenvalue weighted by atomic mass is 10.0. The van der Waals surface area contributed by atoms with Crippen LogP contribution in [0, 0.1) is 13.8 Å². The third-order valence-electron chi connectivity index (χ3n) is 4.50. The van der Waals surface area contributed by atoms with Crippen LogP contribution in [0.5, 0.6) is 0 Å². The van der Waals surface area contributed by atoms with Crippen molar-refractivity contribution in [3.05, 3.63) is 66.5 Å². The number of rotatable bonds is 7. The molecule has 1 amide bonds. The topological polar surface area (TPSA) is 63.1 Å². The first kappa shape index (κ1) is 21.5. The van der Waals surface area contributed by atoms with E-state index in [1.165, 1.54) is 4.68 Å². The Morgan fingerprint density at radius 2 is 2.00 bits per heavy atom. The second-order valence-electron chi connectivity index (χ2n) is 6.44. The largest absolute Gasteiger partial charge is 0.345 e. The van der Waals surface area contributed by atoms with E-state index in [4.69, 9.17) is 11.6 Å². The lowest BCUT2D eigenvalue weighted by Crippen LogP contribution is -2.37. The van der Waals surface area contributed by atoms with Crippen LogP contribution in [0.15, 0.2) is 33.5 Å². The van der Waals surface area contributed by atoms with E-state index in [0.717, 1.165) is 18.4 Å². The highest BCUT2D eigenvalue weighted by molar-refractivity contribution is 9.10. The van der Waals surface area contributed by atoms with Crippen molar-refractivity contribution in [1.29, 1.82) is 0 Å². The number of hydrogen-bond donors (Lipinski definition) is 2. The Balaban J connectivity index is 2.42. The van der Waals surface area contributed by atoms with Gasteiger partial charge in [0.05, 0.1) is 21.8 Å². The molecule has 0 spiro atoms. The second-order valence-corrected chi connectivity index (χ2v) is 7.67. The van der Waals surface area contributed by atoms with Gasteiger partial charge in [-0.15, -0.1) is 0 Å². The number of pyridine rings is 1. The number of halogens is 2. The van der Waals surface area contributed by atoms with Gasteiger partial charge in [-0.3, -0.25) is 9.59 Å². The molecule has 1 heterocycles. The first-order valence-corrected chi connectivity index (χ1v) is 10.2. The molecule has 1 unspecified atom stereocenters. The Labute approximate surface area is 173 Å². The number of carbonyl (C=O) groups is 1. The summed E-state index contributed by atoms with van der Waals surface area (Å²) in [6, 6.07) is 7.31. The summed E-state index contributed by atoms with van der Waals surface area (Å²) in [5.74, 6) is -0.218. The molecular weight excluding hydrogens is 430 g/mol. The molecule has 0 aliphatic heterocycles. The fourth-order valence-electron chi connectivity index (χ4n) is 3.03. The van der Waals surface area contributed by atoms with Crippen molar-refractivity contribution in [2.45, 2.75) is 46.6 Å². The van der Waals surface area contributed by atoms with E-state index >= 15 is 0 Å². The molecule has 2 aromatic rings. The molecule has 146 valence electrons. The number of aromatic nitrogens is 1. The zero-order valence-corrected chi connectivity index (χ0v) is 18.4. The third kappa shape index (κ3) is 4.74. The molecule has 0 radical (unpaired) electrons. The molecule has 1 aromatic carbocycles. The molecule has 0 bridgehead atoms. The summed E-state index contributed by atoms with van der Waals surface area (Å²) in [4.78, 5) is 25.6. The quantitative estimate of drug-likeness (QED) is 0.636. The minimum atomic E-state index is -0.218. The van der Waals surface area contributed by atoms with Crippen molar-refractivity contribution in [1.82, 2.24) is 9.99 Å². The minimum absolute atomic E-state index is 0.169. The van der Waals surface area contributed by atoms with Crippen LogP contribution in [-0.2, 0) is 0 Å². The SMILES string of the molecule is CCCNn1c(C)c(C(=O)NC(CC)c2cccc(Cl)c2)c(C)c(Br)c1=O. The molecule has 2 rings (SSSR count). The summed E-state index contributed by atoms with van der Waals surface area (Å²) in [5.41, 5.74) is 5.54. The van der Waals surface area contributed by atoms with Gasteiger partial charge in [0.2, 0.25) is 0 Å². The molecule has 0 fully saturated rings. The minimum Gasteiger partial charge on any atom is -0.345 e. The van der Waals surface area contributed by atoms with Gasteiger partial charge in [-0.25, -0.2) is 4.68 Å². The maximum atomic E-state index is 13.1. The predicted molar refractivity (Wildman–Crippen MR) is 114 cm³/mol. The van der Waals surface area contributed by atoms with Crippen molar-refractivity contribution in [3.8, 4) is 0 Å². The Kier molecular flexibility index (Phi) is 7.50. The van der Waals surface area contributed by atoms with E-state index in [0.29, 0.717) is 32.9 Å². The van der Waals surface area contributed by atoms with Crippen LogP contribution < -0.4 is 16.3 Å². The van der Waals surface area contributed by atoms with Gasteiger partial charge in [0.15, 0.2) is 0 Å². The van der Waals surface area contributed by atoms with Gasteiger partial charge in [-0.2, -0.15) is 0 Å². The molecule has 0 saturated heterocycles. The number of nitrogens with one attached hydrogen (secondary N) is 2. The highest BCUT2D eigenvalue weighted by Crippen LogP contribution is 2.23. The molecule has 1 aromatic heterocycles. The van der Waals surface area contributed by atoms with E-state index in [1.807, 2.05) is 32.0 Å². The van der Waals surface area contributed by atoms with Crippen molar-refractivity contribution >= 4 is 33.4 Å². The molecule has 0 aliphatic carbocycles. The Morgan fingerprint density at radius 3 is 2.59 bits per heavy atom. The maximum Gasteiger partial charge on any atom is 0.283 e. The number of nitrogens with zero attached hydrogens (tertiary/aromatic N) is 1. The summed E-state index contributed by atoms with van der Waals surface area (Å²) in [6.45, 7) is 8.21. The molecule has 27 heavy (non-hydrogen) atoms. The highest BCUT2D eigenvalue weighted by atomic mass is 79.9. The first-order valence-electron chi connectivity index (χ1n) is 9.03. The van der Waals surface area contributed by atoms with Gasteiger partial charge in [0, 0.05) is 11.6 Å². The molecule has 5 nitrogen and oxygen atoms in total. The van der Waals surface area contributed by atoms with Gasteiger partial charge < -0.3 is 10.7 Å². The average molecular weight is 455 g/mol. The standard InChI is InChI=1S/C20H25BrClN3O2/c1-5-10-23-25-13(4)17(12(3)18(21)20(25)27)19(26)24-16(6-2)14-8-7-9-15(22)11-14/h7-9,11,16,23H,5-6,10H2,1-4H3,(H,24,26). The van der Waals surface area contributed by atoms with Crippen LogP contribution in [0.3, 0.4) is 0 Å². The lowest BCUT2D eigenvalue weighted by Gasteiger charge is -2.22. The van der Waals surface area contributed by atoms with E-state index < -0.39 is 0 Å². The summed E-state index contributed by atoms with van der Waals surface area (Å²) >= 11 is 9.43. The third-order valence-corrected chi connectivity index (χ3v) is 5.67. The second kappa shape index (κ2) is 9.42. The fourth-order valence-corrected chi connectivity index (χ4v) is 3.60. The van der Waals surface area contributed by atoms with E-state index in [2.05, 4.69) is 26.7 Å². The van der Waals surface area contributed by atoms with Gasteiger partial charge in [-0.1, -0.05) is 37.6 Å². The zero-order chi connectivity index (χ0) is 20.1. The Bertz CT molecular complexity index is 896.